The van der Waals surface area contributed by atoms with E-state index < -0.39 is 5.97 Å². The van der Waals surface area contributed by atoms with Crippen molar-refractivity contribution in [2.24, 2.45) is 0 Å². The largest absolute Gasteiger partial charge is 0.460 e. The lowest BCUT2D eigenvalue weighted by Crippen LogP contribution is -2.10. The number of esters is 1. The number of unbranched alkanes of at least 4 members (excludes halogenated alkanes) is 12. The van der Waals surface area contributed by atoms with Crippen LogP contribution in [0.1, 0.15) is 112 Å². The van der Waals surface area contributed by atoms with Crippen molar-refractivity contribution in [3.63, 3.8) is 0 Å². The summed E-state index contributed by atoms with van der Waals surface area (Å²) in [5.74, 6) is 0.413. The highest BCUT2D eigenvalue weighted by Crippen LogP contribution is 2.29. The van der Waals surface area contributed by atoms with Crippen molar-refractivity contribution in [2.75, 3.05) is 5.75 Å². The van der Waals surface area contributed by atoms with Crippen LogP contribution in [0.4, 0.5) is 0 Å². The summed E-state index contributed by atoms with van der Waals surface area (Å²) in [7, 11) is 0. The number of aromatic nitrogens is 1. The molecule has 0 aromatic carbocycles. The molecule has 0 radical (unpaired) electrons. The highest BCUT2D eigenvalue weighted by molar-refractivity contribution is 8.01. The number of Topliss-reactive ketones (excluding diaryl/α,β-unsaturated/α-hetero) is 1. The molecule has 2 rings (SSSR count). The lowest BCUT2D eigenvalue weighted by Gasteiger charge is -2.03. The van der Waals surface area contributed by atoms with Gasteiger partial charge in [-0.3, -0.25) is 14.6 Å². The molecule has 0 atom stereocenters. The van der Waals surface area contributed by atoms with Gasteiger partial charge in [0.25, 0.3) is 0 Å². The molecule has 2 heterocycles. The van der Waals surface area contributed by atoms with Gasteiger partial charge in [-0.25, -0.2) is 0 Å². The van der Waals surface area contributed by atoms with E-state index in [-0.39, 0.29) is 18.8 Å². The van der Waals surface area contributed by atoms with Crippen molar-refractivity contribution in [1.82, 2.24) is 4.98 Å². The van der Waals surface area contributed by atoms with Gasteiger partial charge in [-0.2, -0.15) is 0 Å². The number of hydrogen-bond acceptors (Lipinski definition) is 6. The number of hydrogen-bond donors (Lipinski definition) is 0. The van der Waals surface area contributed by atoms with E-state index in [1.54, 1.807) is 18.5 Å². The molecular weight excluding hydrogens is 462 g/mol. The van der Waals surface area contributed by atoms with Gasteiger partial charge in [-0.05, 0) is 30.4 Å². The van der Waals surface area contributed by atoms with E-state index in [1.807, 2.05) is 30.0 Å². The fourth-order valence-corrected chi connectivity index (χ4v) is 5.90. The number of ether oxygens (including phenoxy) is 1. The summed E-state index contributed by atoms with van der Waals surface area (Å²) in [5, 5.41) is 0. The minimum absolute atomic E-state index is 0.143. The first-order chi connectivity index (χ1) is 16.7. The smallest absolute Gasteiger partial charge is 0.314 e. The van der Waals surface area contributed by atoms with Gasteiger partial charge in [0.05, 0.1) is 9.09 Å². The topological polar surface area (TPSA) is 56.3 Å². The summed E-state index contributed by atoms with van der Waals surface area (Å²) in [6.45, 7) is 2.42. The molecule has 6 heteroatoms. The van der Waals surface area contributed by atoms with E-state index in [9.17, 15) is 9.59 Å². The van der Waals surface area contributed by atoms with E-state index in [2.05, 4.69) is 11.9 Å². The summed E-state index contributed by atoms with van der Waals surface area (Å²) < 4.78 is 6.33. The Morgan fingerprint density at radius 2 is 1.53 bits per heavy atom. The quantitative estimate of drug-likeness (QED) is 0.0595. The molecular formula is C28H41NO3S2. The summed E-state index contributed by atoms with van der Waals surface area (Å²) in [5.41, 5.74) is 0.811. The van der Waals surface area contributed by atoms with Crippen molar-refractivity contribution < 1.29 is 14.3 Å². The molecule has 0 fully saturated rings. The fourth-order valence-electron chi connectivity index (χ4n) is 3.76. The Morgan fingerprint density at radius 3 is 2.15 bits per heavy atom. The molecule has 0 aliphatic rings. The van der Waals surface area contributed by atoms with Crippen LogP contribution >= 0.6 is 23.1 Å². The van der Waals surface area contributed by atoms with Crippen molar-refractivity contribution in [2.45, 2.75) is 108 Å². The minimum atomic E-state index is -0.497. The number of carbonyl (C=O) groups excluding carboxylic acids is 2. The SMILES string of the molecule is CCCCCCCCCCCCCCCSc1ccc(C(=O)CC(=O)OCc2cccnc2)s1. The standard InChI is InChI=1S/C28H41NO3S2/c1-2-3-4-5-6-7-8-9-10-11-12-13-14-20-33-28-18-17-26(34-28)25(30)21-27(31)32-23-24-16-15-19-29-22-24/h15-19,22H,2-14,20-21,23H2,1H3. The third-order valence-corrected chi connectivity index (χ3v) is 8.21. The van der Waals surface area contributed by atoms with Gasteiger partial charge in [-0.1, -0.05) is 90.0 Å². The highest BCUT2D eigenvalue weighted by atomic mass is 32.2. The molecule has 0 bridgehead atoms. The molecule has 4 nitrogen and oxygen atoms in total. The molecule has 188 valence electrons. The Balaban J connectivity index is 1.46. The van der Waals surface area contributed by atoms with Gasteiger partial charge in [-0.15, -0.1) is 23.1 Å². The molecule has 0 unspecified atom stereocenters. The Hall–Kier alpha value is -1.66. The number of rotatable bonds is 20. The summed E-state index contributed by atoms with van der Waals surface area (Å²) in [6, 6.07) is 7.44. The predicted octanol–water partition coefficient (Wildman–Crippen LogP) is 8.64. The molecule has 0 saturated carbocycles. The van der Waals surface area contributed by atoms with Crippen molar-refractivity contribution in [3.8, 4) is 0 Å². The number of pyridine rings is 1. The number of ketones is 1. The second-order valence-electron chi connectivity index (χ2n) is 8.83. The first-order valence-corrected chi connectivity index (χ1v) is 14.8. The Morgan fingerprint density at radius 1 is 0.882 bits per heavy atom. The molecule has 0 aliphatic carbocycles. The van der Waals surface area contributed by atoms with Crippen molar-refractivity contribution in [3.05, 3.63) is 47.1 Å². The predicted molar refractivity (Wildman–Crippen MR) is 144 cm³/mol. The van der Waals surface area contributed by atoms with Gasteiger partial charge in [0, 0.05) is 18.0 Å². The van der Waals surface area contributed by atoms with Gasteiger partial charge in [0.2, 0.25) is 0 Å². The second kappa shape index (κ2) is 18.6. The van der Waals surface area contributed by atoms with Gasteiger partial charge in [0.1, 0.15) is 13.0 Å². The summed E-state index contributed by atoms with van der Waals surface area (Å²) in [4.78, 5) is 28.9. The van der Waals surface area contributed by atoms with Gasteiger partial charge < -0.3 is 4.74 Å². The molecule has 0 saturated heterocycles. The van der Waals surface area contributed by atoms with Crippen LogP contribution in [0.5, 0.6) is 0 Å². The zero-order valence-electron chi connectivity index (χ0n) is 20.8. The van der Waals surface area contributed by atoms with Crippen LogP contribution in [0.3, 0.4) is 0 Å². The average molecular weight is 504 g/mol. The molecule has 2 aromatic rings. The van der Waals surface area contributed by atoms with E-state index in [1.165, 1.54) is 94.8 Å². The fraction of sp³-hybridized carbons (Fsp3) is 0.607. The maximum Gasteiger partial charge on any atom is 0.314 e. The Labute approximate surface area is 214 Å². The molecule has 0 amide bonds. The molecule has 34 heavy (non-hydrogen) atoms. The number of nitrogens with zero attached hydrogens (tertiary/aromatic N) is 1. The maximum atomic E-state index is 12.4. The number of thiophene rings is 1. The Kier molecular flexibility index (Phi) is 15.7. The summed E-state index contributed by atoms with van der Waals surface area (Å²) in [6.07, 6.45) is 20.9. The van der Waals surface area contributed by atoms with Crippen LogP contribution in [0.15, 0.2) is 40.9 Å². The summed E-state index contributed by atoms with van der Waals surface area (Å²) >= 11 is 3.29. The van der Waals surface area contributed by atoms with Crippen LogP contribution in [0.25, 0.3) is 0 Å². The maximum absolute atomic E-state index is 12.4. The third kappa shape index (κ3) is 13.3. The average Bonchev–Trinajstić information content (AvgIpc) is 3.33. The van der Waals surface area contributed by atoms with E-state index >= 15 is 0 Å². The minimum Gasteiger partial charge on any atom is -0.460 e. The van der Waals surface area contributed by atoms with E-state index in [0.717, 1.165) is 15.5 Å². The highest BCUT2D eigenvalue weighted by Gasteiger charge is 2.15. The number of carbonyl (C=O) groups is 2. The second-order valence-corrected chi connectivity index (χ2v) is 11.3. The Bertz CT molecular complexity index is 807. The normalized spacial score (nSPS) is 11.0. The van der Waals surface area contributed by atoms with Crippen molar-refractivity contribution >= 4 is 34.9 Å². The molecule has 0 N–H and O–H groups in total. The van der Waals surface area contributed by atoms with E-state index in [0.29, 0.717) is 4.88 Å². The number of thioether (sulfide) groups is 1. The molecule has 0 aliphatic heterocycles. The monoisotopic (exact) mass is 503 g/mol. The zero-order chi connectivity index (χ0) is 24.3. The van der Waals surface area contributed by atoms with Gasteiger partial charge >= 0.3 is 5.97 Å². The van der Waals surface area contributed by atoms with Gasteiger partial charge in [0.15, 0.2) is 5.78 Å². The first kappa shape index (κ1) is 28.6. The third-order valence-electron chi connectivity index (χ3n) is 5.78. The van der Waals surface area contributed by atoms with Crippen LogP contribution in [-0.4, -0.2) is 22.5 Å². The lowest BCUT2D eigenvalue weighted by molar-refractivity contribution is -0.143. The first-order valence-electron chi connectivity index (χ1n) is 13.0. The van der Waals surface area contributed by atoms with Crippen LogP contribution in [0, 0.1) is 0 Å². The van der Waals surface area contributed by atoms with E-state index in [4.69, 9.17) is 4.74 Å². The van der Waals surface area contributed by atoms with Crippen LogP contribution < -0.4 is 0 Å². The van der Waals surface area contributed by atoms with Crippen LogP contribution in [-0.2, 0) is 16.1 Å². The molecule has 0 spiro atoms. The molecule has 2 aromatic heterocycles. The van der Waals surface area contributed by atoms with Crippen molar-refractivity contribution in [1.29, 1.82) is 0 Å². The van der Waals surface area contributed by atoms with Crippen LogP contribution in [0.2, 0.25) is 0 Å². The lowest BCUT2D eigenvalue weighted by atomic mass is 10.1. The zero-order valence-corrected chi connectivity index (χ0v) is 22.4.